The minimum Gasteiger partial charge on any atom is -0.383 e. The molecule has 1 saturated heterocycles. The predicted molar refractivity (Wildman–Crippen MR) is 115 cm³/mol. The second-order valence-electron chi connectivity index (χ2n) is 8.11. The van der Waals surface area contributed by atoms with E-state index in [1.54, 1.807) is 6.20 Å². The number of hydrogen-bond acceptors (Lipinski definition) is 7. The number of nitrogens with two attached hydrogens (primary N) is 1. The molecule has 0 amide bonds. The molecule has 2 aliphatic rings. The van der Waals surface area contributed by atoms with Crippen LogP contribution >= 0.6 is 0 Å². The van der Waals surface area contributed by atoms with Crippen molar-refractivity contribution in [1.29, 1.82) is 0 Å². The highest BCUT2D eigenvalue weighted by molar-refractivity contribution is 5.76. The first-order chi connectivity index (χ1) is 15.6. The van der Waals surface area contributed by atoms with Crippen LogP contribution in [0.25, 0.3) is 22.6 Å². The van der Waals surface area contributed by atoms with Crippen molar-refractivity contribution in [3.8, 4) is 17.1 Å². The van der Waals surface area contributed by atoms with Gasteiger partial charge in [0.1, 0.15) is 11.5 Å². The molecule has 32 heavy (non-hydrogen) atoms. The monoisotopic (exact) mass is 439 g/mol. The van der Waals surface area contributed by atoms with E-state index in [2.05, 4.69) is 31.5 Å². The molecule has 1 unspecified atom stereocenters. The predicted octanol–water partition coefficient (Wildman–Crippen LogP) is 2.71. The van der Waals surface area contributed by atoms with E-state index in [1.807, 2.05) is 6.07 Å². The molecular formula is C22H23F2N7O. The number of anilines is 1. The molecule has 8 nitrogen and oxygen atoms in total. The van der Waals surface area contributed by atoms with Crippen molar-refractivity contribution in [3.05, 3.63) is 53.7 Å². The Morgan fingerprint density at radius 1 is 1.25 bits per heavy atom. The number of pyridine rings is 1. The van der Waals surface area contributed by atoms with E-state index in [0.29, 0.717) is 11.5 Å². The average Bonchev–Trinajstić information content (AvgIpc) is 3.49. The Balaban J connectivity index is 1.42. The first-order valence-electron chi connectivity index (χ1n) is 10.6. The van der Waals surface area contributed by atoms with Gasteiger partial charge in [-0.05, 0) is 58.5 Å². The summed E-state index contributed by atoms with van der Waals surface area (Å²) >= 11 is 0. The molecule has 2 aliphatic heterocycles. The number of hydrogen-bond donors (Lipinski definition) is 1. The van der Waals surface area contributed by atoms with Gasteiger partial charge >= 0.3 is 0 Å². The molecule has 10 heteroatoms. The molecule has 0 bridgehead atoms. The van der Waals surface area contributed by atoms with Crippen LogP contribution in [0.2, 0.25) is 0 Å². The number of nitrogen functional groups attached to an aromatic ring is 1. The number of benzene rings is 1. The van der Waals surface area contributed by atoms with Crippen molar-refractivity contribution < 1.29 is 13.5 Å². The van der Waals surface area contributed by atoms with Gasteiger partial charge in [-0.15, -0.1) is 5.10 Å². The summed E-state index contributed by atoms with van der Waals surface area (Å²) in [6, 6.07) is 5.69. The van der Waals surface area contributed by atoms with E-state index in [-0.39, 0.29) is 17.3 Å². The summed E-state index contributed by atoms with van der Waals surface area (Å²) in [5.41, 5.74) is 8.54. The van der Waals surface area contributed by atoms with Gasteiger partial charge in [0.05, 0.1) is 12.2 Å². The summed E-state index contributed by atoms with van der Waals surface area (Å²) in [7, 11) is 0. The van der Waals surface area contributed by atoms with Crippen LogP contribution in [0.3, 0.4) is 0 Å². The molecule has 166 valence electrons. The Bertz CT molecular complexity index is 1160. The fourth-order valence-electron chi connectivity index (χ4n) is 4.24. The lowest BCUT2D eigenvalue weighted by molar-refractivity contribution is 0.170. The molecule has 2 aromatic heterocycles. The minimum absolute atomic E-state index is 0.0989. The Morgan fingerprint density at radius 3 is 2.94 bits per heavy atom. The second kappa shape index (κ2) is 8.71. The maximum absolute atomic E-state index is 14.4. The average molecular weight is 439 g/mol. The van der Waals surface area contributed by atoms with Crippen molar-refractivity contribution in [2.45, 2.75) is 12.8 Å². The third-order valence-corrected chi connectivity index (χ3v) is 5.99. The molecule has 1 aromatic carbocycles. The van der Waals surface area contributed by atoms with Gasteiger partial charge in [0, 0.05) is 32.4 Å². The molecule has 2 N–H and O–H groups in total. The Hall–Kier alpha value is -3.24. The zero-order valence-electron chi connectivity index (χ0n) is 17.4. The first kappa shape index (κ1) is 20.7. The summed E-state index contributed by atoms with van der Waals surface area (Å²) in [6.45, 7) is 4.56. The van der Waals surface area contributed by atoms with Crippen molar-refractivity contribution in [1.82, 2.24) is 30.1 Å². The lowest BCUT2D eigenvalue weighted by Crippen LogP contribution is -2.33. The fourth-order valence-corrected chi connectivity index (χ4v) is 4.24. The normalized spacial score (nSPS) is 19.3. The molecule has 3 aromatic rings. The molecule has 0 saturated carbocycles. The van der Waals surface area contributed by atoms with Crippen LogP contribution in [0.15, 0.2) is 36.5 Å². The van der Waals surface area contributed by atoms with Gasteiger partial charge in [-0.2, -0.15) is 4.68 Å². The number of tetrazole rings is 1. The van der Waals surface area contributed by atoms with Crippen LogP contribution in [0.5, 0.6) is 0 Å². The smallest absolute Gasteiger partial charge is 0.190 e. The largest absolute Gasteiger partial charge is 0.383 e. The zero-order chi connectivity index (χ0) is 22.1. The molecule has 4 heterocycles. The second-order valence-corrected chi connectivity index (χ2v) is 8.11. The minimum atomic E-state index is -1.04. The van der Waals surface area contributed by atoms with E-state index in [1.165, 1.54) is 12.1 Å². The standard InChI is InChI=1S/C22H23F2N7O/c23-18-2-1-3-19(20(18)24)31-22(27-28-29-31)17-10-16(11-26-21(17)25)15-4-7-30(8-5-15)12-14-6-9-32-13-14/h1-4,10-11,14H,5-9,12-13H2,(H2,25,26). The number of rotatable bonds is 5. The number of halogens is 2. The fraction of sp³-hybridized carbons (Fsp3) is 0.364. The van der Waals surface area contributed by atoms with Crippen LogP contribution in [0, 0.1) is 17.6 Å². The topological polar surface area (TPSA) is 95.0 Å². The maximum Gasteiger partial charge on any atom is 0.190 e. The van der Waals surface area contributed by atoms with Crippen LogP contribution in [-0.4, -0.2) is 62.9 Å². The molecule has 0 radical (unpaired) electrons. The SMILES string of the molecule is Nc1ncc(C2=CCN(CC3CCOC3)CC2)cc1-c1nnnn1-c1cccc(F)c1F. The highest BCUT2D eigenvalue weighted by Gasteiger charge is 2.23. The maximum atomic E-state index is 14.4. The summed E-state index contributed by atoms with van der Waals surface area (Å²) in [5, 5.41) is 11.5. The quantitative estimate of drug-likeness (QED) is 0.653. The van der Waals surface area contributed by atoms with Gasteiger partial charge in [-0.1, -0.05) is 12.1 Å². The van der Waals surface area contributed by atoms with Gasteiger partial charge < -0.3 is 10.5 Å². The van der Waals surface area contributed by atoms with Crippen molar-refractivity contribution in [3.63, 3.8) is 0 Å². The highest BCUT2D eigenvalue weighted by Crippen LogP contribution is 2.30. The number of nitrogens with zero attached hydrogens (tertiary/aromatic N) is 6. The van der Waals surface area contributed by atoms with Gasteiger partial charge in [-0.3, -0.25) is 4.90 Å². The Labute approximate surface area is 183 Å². The van der Waals surface area contributed by atoms with Crippen LogP contribution in [0.1, 0.15) is 18.4 Å². The third-order valence-electron chi connectivity index (χ3n) is 5.99. The molecular weight excluding hydrogens is 416 g/mol. The Morgan fingerprint density at radius 2 is 2.16 bits per heavy atom. The van der Waals surface area contributed by atoms with Crippen molar-refractivity contribution in [2.75, 3.05) is 38.6 Å². The van der Waals surface area contributed by atoms with Crippen LogP contribution in [0.4, 0.5) is 14.6 Å². The Kier molecular flexibility index (Phi) is 5.62. The molecule has 1 fully saturated rings. The summed E-state index contributed by atoms with van der Waals surface area (Å²) in [6.07, 6.45) is 5.93. The van der Waals surface area contributed by atoms with Crippen molar-refractivity contribution in [2.24, 2.45) is 5.92 Å². The highest BCUT2D eigenvalue weighted by atomic mass is 19.2. The molecule has 5 rings (SSSR count). The van der Waals surface area contributed by atoms with Crippen LogP contribution in [-0.2, 0) is 4.74 Å². The molecule has 1 atom stereocenters. The van der Waals surface area contributed by atoms with E-state index in [9.17, 15) is 8.78 Å². The summed E-state index contributed by atoms with van der Waals surface area (Å²) in [4.78, 5) is 6.75. The van der Waals surface area contributed by atoms with Gasteiger partial charge in [0.2, 0.25) is 0 Å². The summed E-state index contributed by atoms with van der Waals surface area (Å²) < 4.78 is 34.7. The van der Waals surface area contributed by atoms with Gasteiger partial charge in [0.25, 0.3) is 0 Å². The van der Waals surface area contributed by atoms with Crippen LogP contribution < -0.4 is 5.73 Å². The zero-order valence-corrected chi connectivity index (χ0v) is 17.4. The number of ether oxygens (including phenoxy) is 1. The van der Waals surface area contributed by atoms with E-state index in [4.69, 9.17) is 10.5 Å². The molecule has 0 spiro atoms. The summed E-state index contributed by atoms with van der Waals surface area (Å²) in [5.74, 6) is -1.00. The van der Waals surface area contributed by atoms with E-state index < -0.39 is 11.6 Å². The third kappa shape index (κ3) is 3.98. The lowest BCUT2D eigenvalue weighted by atomic mass is 9.98. The first-order valence-corrected chi connectivity index (χ1v) is 10.6. The van der Waals surface area contributed by atoms with E-state index >= 15 is 0 Å². The lowest BCUT2D eigenvalue weighted by Gasteiger charge is -2.28. The van der Waals surface area contributed by atoms with E-state index in [0.717, 1.165) is 67.6 Å². The molecule has 0 aliphatic carbocycles. The van der Waals surface area contributed by atoms with Gasteiger partial charge in [-0.25, -0.2) is 13.8 Å². The number of aromatic nitrogens is 5. The van der Waals surface area contributed by atoms with Crippen molar-refractivity contribution >= 4 is 11.4 Å². The van der Waals surface area contributed by atoms with Gasteiger partial charge in [0.15, 0.2) is 17.5 Å².